The number of nitrogens with zero attached hydrogens (tertiary/aromatic N) is 1. The standard InChI is InChI=1S/C22H26N2O3S/c1-16-5-8-20(9-6-16)23-22(25)18-11-13-24(14-12-18)28(26,27)21-10-7-17-3-2-4-19(17)15-21/h5-10,15,18H,2-4,11-14H2,1H3,(H,23,25). The van der Waals surface area contributed by atoms with E-state index in [-0.39, 0.29) is 11.8 Å². The van der Waals surface area contributed by atoms with E-state index in [9.17, 15) is 13.2 Å². The van der Waals surface area contributed by atoms with Gasteiger partial charge in [-0.05, 0) is 74.4 Å². The number of piperidine rings is 1. The topological polar surface area (TPSA) is 66.5 Å². The highest BCUT2D eigenvalue weighted by Gasteiger charge is 2.32. The van der Waals surface area contributed by atoms with Crippen molar-refractivity contribution in [1.29, 1.82) is 0 Å². The smallest absolute Gasteiger partial charge is 0.243 e. The van der Waals surface area contributed by atoms with Gasteiger partial charge in [0.05, 0.1) is 4.90 Å². The van der Waals surface area contributed by atoms with Crippen molar-refractivity contribution in [2.24, 2.45) is 5.92 Å². The number of rotatable bonds is 4. The van der Waals surface area contributed by atoms with Gasteiger partial charge in [0, 0.05) is 24.7 Å². The lowest BCUT2D eigenvalue weighted by Gasteiger charge is -2.30. The number of amides is 1. The van der Waals surface area contributed by atoms with E-state index < -0.39 is 10.0 Å². The summed E-state index contributed by atoms with van der Waals surface area (Å²) in [5.74, 6) is -0.189. The van der Waals surface area contributed by atoms with E-state index in [2.05, 4.69) is 5.32 Å². The number of hydrogen-bond acceptors (Lipinski definition) is 3. The Morgan fingerprint density at radius 3 is 2.39 bits per heavy atom. The van der Waals surface area contributed by atoms with E-state index in [1.54, 1.807) is 6.07 Å². The fourth-order valence-electron chi connectivity index (χ4n) is 4.10. The summed E-state index contributed by atoms with van der Waals surface area (Å²) in [6, 6.07) is 13.2. The zero-order chi connectivity index (χ0) is 19.7. The molecular formula is C22H26N2O3S. The molecule has 28 heavy (non-hydrogen) atoms. The van der Waals surface area contributed by atoms with Crippen molar-refractivity contribution < 1.29 is 13.2 Å². The molecule has 4 rings (SSSR count). The fraction of sp³-hybridized carbons (Fsp3) is 0.409. The second kappa shape index (κ2) is 7.68. The van der Waals surface area contributed by atoms with Crippen LogP contribution in [-0.4, -0.2) is 31.7 Å². The number of nitrogens with one attached hydrogen (secondary N) is 1. The third kappa shape index (κ3) is 3.84. The Kier molecular flexibility index (Phi) is 5.25. The molecule has 1 saturated heterocycles. The van der Waals surface area contributed by atoms with Crippen LogP contribution in [0, 0.1) is 12.8 Å². The molecule has 0 saturated carbocycles. The van der Waals surface area contributed by atoms with Crippen molar-refractivity contribution in [3.05, 3.63) is 59.2 Å². The summed E-state index contributed by atoms with van der Waals surface area (Å²) < 4.78 is 27.6. The molecule has 0 radical (unpaired) electrons. The maximum atomic E-state index is 13.0. The highest BCUT2D eigenvalue weighted by molar-refractivity contribution is 7.89. The van der Waals surface area contributed by atoms with E-state index in [1.165, 1.54) is 9.87 Å². The first-order chi connectivity index (χ1) is 13.4. The lowest BCUT2D eigenvalue weighted by molar-refractivity contribution is -0.120. The molecule has 0 spiro atoms. The summed E-state index contributed by atoms with van der Waals surface area (Å²) in [6.07, 6.45) is 4.18. The Bertz CT molecular complexity index is 975. The Hall–Kier alpha value is -2.18. The summed E-state index contributed by atoms with van der Waals surface area (Å²) in [4.78, 5) is 12.9. The van der Waals surface area contributed by atoms with Gasteiger partial charge in [-0.15, -0.1) is 0 Å². The molecule has 2 aliphatic rings. The average Bonchev–Trinajstić information content (AvgIpc) is 3.17. The van der Waals surface area contributed by atoms with Gasteiger partial charge >= 0.3 is 0 Å². The van der Waals surface area contributed by atoms with Crippen LogP contribution < -0.4 is 5.32 Å². The van der Waals surface area contributed by atoms with Gasteiger partial charge in [0.1, 0.15) is 0 Å². The maximum Gasteiger partial charge on any atom is 0.243 e. The molecule has 1 fully saturated rings. The molecule has 1 aliphatic carbocycles. The van der Waals surface area contributed by atoms with E-state index >= 15 is 0 Å². The lowest BCUT2D eigenvalue weighted by atomic mass is 9.97. The number of aryl methyl sites for hydroxylation is 3. The third-order valence-electron chi connectivity index (χ3n) is 5.85. The van der Waals surface area contributed by atoms with Crippen LogP contribution in [0.2, 0.25) is 0 Å². The van der Waals surface area contributed by atoms with Crippen LogP contribution in [0.4, 0.5) is 5.69 Å². The summed E-state index contributed by atoms with van der Waals surface area (Å²) >= 11 is 0. The van der Waals surface area contributed by atoms with Crippen LogP contribution in [0.5, 0.6) is 0 Å². The molecule has 0 unspecified atom stereocenters. The number of carbonyl (C=O) groups is 1. The first kappa shape index (κ1) is 19.2. The molecule has 2 aromatic carbocycles. The minimum atomic E-state index is -3.49. The van der Waals surface area contributed by atoms with Gasteiger partial charge in [-0.3, -0.25) is 4.79 Å². The first-order valence-electron chi connectivity index (χ1n) is 9.93. The van der Waals surface area contributed by atoms with Crippen molar-refractivity contribution in [2.45, 2.75) is 43.9 Å². The van der Waals surface area contributed by atoms with Crippen molar-refractivity contribution in [1.82, 2.24) is 4.31 Å². The molecule has 6 heteroatoms. The van der Waals surface area contributed by atoms with Gasteiger partial charge in [-0.2, -0.15) is 4.31 Å². The minimum Gasteiger partial charge on any atom is -0.326 e. The summed E-state index contributed by atoms with van der Waals surface area (Å²) in [7, 11) is -3.49. The average molecular weight is 399 g/mol. The highest BCUT2D eigenvalue weighted by Crippen LogP contribution is 2.29. The number of benzene rings is 2. The van der Waals surface area contributed by atoms with E-state index in [0.717, 1.165) is 36.1 Å². The number of anilines is 1. The zero-order valence-corrected chi connectivity index (χ0v) is 17.0. The zero-order valence-electron chi connectivity index (χ0n) is 16.1. The molecule has 148 valence electrons. The van der Waals surface area contributed by atoms with E-state index in [4.69, 9.17) is 0 Å². The SMILES string of the molecule is Cc1ccc(NC(=O)C2CCN(S(=O)(=O)c3ccc4c(c3)CCC4)CC2)cc1. The number of carbonyl (C=O) groups excluding carboxylic acids is 1. The summed E-state index contributed by atoms with van der Waals surface area (Å²) in [5, 5.41) is 2.95. The molecule has 5 nitrogen and oxygen atoms in total. The second-order valence-electron chi connectivity index (χ2n) is 7.82. The van der Waals surface area contributed by atoms with Gasteiger partial charge in [-0.25, -0.2) is 8.42 Å². The van der Waals surface area contributed by atoms with Crippen molar-refractivity contribution >= 4 is 21.6 Å². The molecule has 0 aromatic heterocycles. The van der Waals surface area contributed by atoms with Crippen molar-refractivity contribution in [3.63, 3.8) is 0 Å². The van der Waals surface area contributed by atoms with Crippen LogP contribution in [0.15, 0.2) is 47.4 Å². The van der Waals surface area contributed by atoms with Gasteiger partial charge in [0.15, 0.2) is 0 Å². The van der Waals surface area contributed by atoms with Crippen molar-refractivity contribution in [2.75, 3.05) is 18.4 Å². The Morgan fingerprint density at radius 2 is 1.68 bits per heavy atom. The number of sulfonamides is 1. The molecule has 1 N–H and O–H groups in total. The fourth-order valence-corrected chi connectivity index (χ4v) is 5.62. The van der Waals surface area contributed by atoms with Crippen LogP contribution in [0.3, 0.4) is 0 Å². The largest absolute Gasteiger partial charge is 0.326 e. The maximum absolute atomic E-state index is 13.0. The van der Waals surface area contributed by atoms with E-state index in [1.807, 2.05) is 43.3 Å². The van der Waals surface area contributed by atoms with Crippen LogP contribution in [0.25, 0.3) is 0 Å². The van der Waals surface area contributed by atoms with Crippen LogP contribution in [-0.2, 0) is 27.7 Å². The predicted octanol–water partition coefficient (Wildman–Crippen LogP) is 3.52. The summed E-state index contributed by atoms with van der Waals surface area (Å²) in [5.41, 5.74) is 4.35. The second-order valence-corrected chi connectivity index (χ2v) is 9.76. The highest BCUT2D eigenvalue weighted by atomic mass is 32.2. The summed E-state index contributed by atoms with van der Waals surface area (Å²) in [6.45, 7) is 2.76. The van der Waals surface area contributed by atoms with Gasteiger partial charge < -0.3 is 5.32 Å². The Morgan fingerprint density at radius 1 is 1.00 bits per heavy atom. The monoisotopic (exact) mass is 398 g/mol. The minimum absolute atomic E-state index is 0.0292. The number of fused-ring (bicyclic) bond motifs is 1. The Balaban J connectivity index is 1.39. The number of hydrogen-bond donors (Lipinski definition) is 1. The molecule has 2 aromatic rings. The van der Waals surface area contributed by atoms with Crippen LogP contribution in [0.1, 0.15) is 36.0 Å². The predicted molar refractivity (Wildman–Crippen MR) is 110 cm³/mol. The molecule has 0 bridgehead atoms. The van der Waals surface area contributed by atoms with Gasteiger partial charge in [0.25, 0.3) is 0 Å². The molecule has 1 heterocycles. The van der Waals surface area contributed by atoms with Crippen molar-refractivity contribution in [3.8, 4) is 0 Å². The van der Waals surface area contributed by atoms with Gasteiger partial charge in [0.2, 0.25) is 15.9 Å². The third-order valence-corrected chi connectivity index (χ3v) is 7.75. The molecule has 0 atom stereocenters. The Labute approximate surface area is 166 Å². The quantitative estimate of drug-likeness (QED) is 0.857. The van der Waals surface area contributed by atoms with Crippen LogP contribution >= 0.6 is 0 Å². The van der Waals surface area contributed by atoms with E-state index in [0.29, 0.717) is 30.8 Å². The molecule has 1 aliphatic heterocycles. The van der Waals surface area contributed by atoms with Gasteiger partial charge in [-0.1, -0.05) is 23.8 Å². The molecule has 1 amide bonds. The first-order valence-corrected chi connectivity index (χ1v) is 11.4. The normalized spacial score (nSPS) is 18.0. The molecular weight excluding hydrogens is 372 g/mol. The lowest BCUT2D eigenvalue weighted by Crippen LogP contribution is -2.41.